The van der Waals surface area contributed by atoms with E-state index in [1.165, 1.54) is 18.4 Å². The minimum atomic E-state index is -0.450. The maximum Gasteiger partial charge on any atom is 0.341 e. The van der Waals surface area contributed by atoms with E-state index in [4.69, 9.17) is 9.47 Å². The smallest absolute Gasteiger partial charge is 0.341 e. The molecule has 1 N–H and O–H groups in total. The minimum absolute atomic E-state index is 0.286. The molecule has 0 unspecified atom stereocenters. The molecule has 0 bridgehead atoms. The molecule has 0 saturated carbocycles. The Kier molecular flexibility index (Phi) is 4.94. The Morgan fingerprint density at radius 2 is 1.95 bits per heavy atom. The number of hydrogen-bond acceptors (Lipinski definition) is 5. The van der Waals surface area contributed by atoms with Gasteiger partial charge in [-0.1, -0.05) is 12.1 Å². The van der Waals surface area contributed by atoms with Gasteiger partial charge in [-0.15, -0.1) is 11.3 Å². The van der Waals surface area contributed by atoms with Crippen molar-refractivity contribution in [2.45, 2.75) is 6.92 Å². The van der Waals surface area contributed by atoms with E-state index < -0.39 is 5.97 Å². The SMILES string of the molecule is CCOC(=O)c1ccsc1NC(=O)c1ccccc1OC. The molecule has 0 saturated heterocycles. The number of para-hydroxylation sites is 1. The molecule has 5 nitrogen and oxygen atoms in total. The van der Waals surface area contributed by atoms with Crippen molar-refractivity contribution >= 4 is 28.2 Å². The third-order valence-corrected chi connectivity index (χ3v) is 3.57. The molecule has 0 aliphatic carbocycles. The lowest BCUT2D eigenvalue weighted by Crippen LogP contribution is -2.15. The van der Waals surface area contributed by atoms with E-state index >= 15 is 0 Å². The van der Waals surface area contributed by atoms with Crippen LogP contribution >= 0.6 is 11.3 Å². The van der Waals surface area contributed by atoms with Crippen molar-refractivity contribution in [3.05, 3.63) is 46.8 Å². The molecule has 0 aliphatic rings. The summed E-state index contributed by atoms with van der Waals surface area (Å²) in [5, 5.41) is 4.91. The van der Waals surface area contributed by atoms with Gasteiger partial charge in [-0.25, -0.2) is 4.79 Å². The van der Waals surface area contributed by atoms with Gasteiger partial charge >= 0.3 is 5.97 Å². The molecule has 0 spiro atoms. The number of rotatable bonds is 5. The molecule has 1 heterocycles. The Labute approximate surface area is 126 Å². The summed E-state index contributed by atoms with van der Waals surface area (Å²) in [4.78, 5) is 24.1. The lowest BCUT2D eigenvalue weighted by Gasteiger charge is -2.09. The lowest BCUT2D eigenvalue weighted by atomic mass is 10.2. The van der Waals surface area contributed by atoms with Crippen LogP contribution in [0.1, 0.15) is 27.6 Å². The molecule has 1 aromatic carbocycles. The number of ether oxygens (including phenoxy) is 2. The second kappa shape index (κ2) is 6.90. The van der Waals surface area contributed by atoms with E-state index in [1.54, 1.807) is 42.6 Å². The number of carbonyl (C=O) groups excluding carboxylic acids is 2. The highest BCUT2D eigenvalue weighted by Crippen LogP contribution is 2.26. The highest BCUT2D eigenvalue weighted by Gasteiger charge is 2.18. The van der Waals surface area contributed by atoms with E-state index in [0.717, 1.165) is 0 Å². The van der Waals surface area contributed by atoms with E-state index in [0.29, 0.717) is 21.9 Å². The van der Waals surface area contributed by atoms with Crippen molar-refractivity contribution in [1.82, 2.24) is 0 Å². The number of esters is 1. The number of nitrogens with one attached hydrogen (secondary N) is 1. The Hall–Kier alpha value is -2.34. The van der Waals surface area contributed by atoms with Gasteiger partial charge in [0.05, 0.1) is 24.8 Å². The van der Waals surface area contributed by atoms with Gasteiger partial charge in [0.1, 0.15) is 10.8 Å². The van der Waals surface area contributed by atoms with Gasteiger partial charge in [0, 0.05) is 0 Å². The normalized spacial score (nSPS) is 10.0. The van der Waals surface area contributed by atoms with E-state index in [-0.39, 0.29) is 12.5 Å². The molecule has 21 heavy (non-hydrogen) atoms. The van der Waals surface area contributed by atoms with Gasteiger partial charge < -0.3 is 14.8 Å². The summed E-state index contributed by atoms with van der Waals surface area (Å²) >= 11 is 1.27. The van der Waals surface area contributed by atoms with Gasteiger partial charge in [-0.05, 0) is 30.5 Å². The fourth-order valence-corrected chi connectivity index (χ4v) is 2.55. The van der Waals surface area contributed by atoms with Crippen LogP contribution < -0.4 is 10.1 Å². The maximum atomic E-state index is 12.3. The monoisotopic (exact) mass is 305 g/mol. The largest absolute Gasteiger partial charge is 0.496 e. The van der Waals surface area contributed by atoms with Crippen LogP contribution in [0, 0.1) is 0 Å². The summed E-state index contributed by atoms with van der Waals surface area (Å²) in [5.74, 6) is -0.307. The summed E-state index contributed by atoms with van der Waals surface area (Å²) in [5.41, 5.74) is 0.758. The molecule has 1 aromatic heterocycles. The Morgan fingerprint density at radius 1 is 1.19 bits per heavy atom. The highest BCUT2D eigenvalue weighted by molar-refractivity contribution is 7.14. The molecule has 0 aliphatic heterocycles. The summed E-state index contributed by atoms with van der Waals surface area (Å²) < 4.78 is 10.1. The van der Waals surface area contributed by atoms with Crippen molar-refractivity contribution in [2.75, 3.05) is 19.0 Å². The van der Waals surface area contributed by atoms with Crippen LogP contribution in [0.25, 0.3) is 0 Å². The first-order valence-electron chi connectivity index (χ1n) is 6.36. The third-order valence-electron chi connectivity index (χ3n) is 2.74. The second-order valence-electron chi connectivity index (χ2n) is 4.04. The second-order valence-corrected chi connectivity index (χ2v) is 4.95. The van der Waals surface area contributed by atoms with Crippen LogP contribution in [0.5, 0.6) is 5.75 Å². The third kappa shape index (κ3) is 3.41. The molecule has 2 aromatic rings. The molecule has 0 radical (unpaired) electrons. The summed E-state index contributed by atoms with van der Waals surface area (Å²) in [7, 11) is 1.50. The number of benzene rings is 1. The van der Waals surface area contributed by atoms with Crippen LogP contribution in [-0.2, 0) is 4.74 Å². The lowest BCUT2D eigenvalue weighted by molar-refractivity contribution is 0.0528. The molecule has 0 atom stereocenters. The maximum absolute atomic E-state index is 12.3. The molecule has 2 rings (SSSR count). The first-order chi connectivity index (χ1) is 10.2. The summed E-state index contributed by atoms with van der Waals surface area (Å²) in [6, 6.07) is 8.52. The zero-order valence-corrected chi connectivity index (χ0v) is 12.5. The van der Waals surface area contributed by atoms with Crippen molar-refractivity contribution in [1.29, 1.82) is 0 Å². The fourth-order valence-electron chi connectivity index (χ4n) is 1.78. The Bertz CT molecular complexity index is 651. The number of anilines is 1. The Morgan fingerprint density at radius 3 is 2.67 bits per heavy atom. The number of amides is 1. The van der Waals surface area contributed by atoms with Crippen LogP contribution in [0.2, 0.25) is 0 Å². The quantitative estimate of drug-likeness (QED) is 0.862. The first-order valence-corrected chi connectivity index (χ1v) is 7.24. The van der Waals surface area contributed by atoms with Crippen LogP contribution in [0.3, 0.4) is 0 Å². The predicted octanol–water partition coefficient (Wildman–Crippen LogP) is 3.19. The highest BCUT2D eigenvalue weighted by atomic mass is 32.1. The van der Waals surface area contributed by atoms with Crippen molar-refractivity contribution in [3.63, 3.8) is 0 Å². The number of carbonyl (C=O) groups is 2. The van der Waals surface area contributed by atoms with Gasteiger partial charge in [0.15, 0.2) is 0 Å². The van der Waals surface area contributed by atoms with Crippen molar-refractivity contribution in [3.8, 4) is 5.75 Å². The Balaban J connectivity index is 2.21. The minimum Gasteiger partial charge on any atom is -0.496 e. The molecule has 110 valence electrons. The van der Waals surface area contributed by atoms with Crippen molar-refractivity contribution < 1.29 is 19.1 Å². The molecular weight excluding hydrogens is 290 g/mol. The van der Waals surface area contributed by atoms with Gasteiger partial charge in [0.25, 0.3) is 5.91 Å². The average molecular weight is 305 g/mol. The summed E-state index contributed by atoms with van der Waals surface area (Å²) in [6.45, 7) is 2.02. The predicted molar refractivity (Wildman–Crippen MR) is 81.2 cm³/mol. The standard InChI is InChI=1S/C15H15NO4S/c1-3-20-15(18)11-8-9-21-14(11)16-13(17)10-6-4-5-7-12(10)19-2/h4-9H,3H2,1-2H3,(H,16,17). The zero-order valence-electron chi connectivity index (χ0n) is 11.7. The van der Waals surface area contributed by atoms with E-state index in [9.17, 15) is 9.59 Å². The number of hydrogen-bond donors (Lipinski definition) is 1. The topological polar surface area (TPSA) is 64.6 Å². The van der Waals surface area contributed by atoms with E-state index in [1.807, 2.05) is 0 Å². The summed E-state index contributed by atoms with van der Waals surface area (Å²) in [6.07, 6.45) is 0. The first kappa shape index (κ1) is 15.1. The van der Waals surface area contributed by atoms with Crippen LogP contribution in [0.4, 0.5) is 5.00 Å². The number of methoxy groups -OCH3 is 1. The fraction of sp³-hybridized carbons (Fsp3) is 0.200. The van der Waals surface area contributed by atoms with E-state index in [2.05, 4.69) is 5.32 Å². The molecular formula is C15H15NO4S. The van der Waals surface area contributed by atoms with Crippen LogP contribution in [-0.4, -0.2) is 25.6 Å². The molecule has 1 amide bonds. The van der Waals surface area contributed by atoms with Gasteiger partial charge in [-0.2, -0.15) is 0 Å². The zero-order chi connectivity index (χ0) is 15.2. The van der Waals surface area contributed by atoms with Crippen molar-refractivity contribution in [2.24, 2.45) is 0 Å². The number of thiophene rings is 1. The van der Waals surface area contributed by atoms with Crippen LogP contribution in [0.15, 0.2) is 35.7 Å². The molecule has 0 fully saturated rings. The average Bonchev–Trinajstić information content (AvgIpc) is 2.95. The molecule has 6 heteroatoms. The van der Waals surface area contributed by atoms with Gasteiger partial charge in [0.2, 0.25) is 0 Å². The van der Waals surface area contributed by atoms with Gasteiger partial charge in [-0.3, -0.25) is 4.79 Å².